The van der Waals surface area contributed by atoms with Gasteiger partial charge in [-0.2, -0.15) is 0 Å². The SMILES string of the molecule is [CH2]OC(C)O. The molecule has 0 aromatic carbocycles. The van der Waals surface area contributed by atoms with E-state index >= 15 is 0 Å². The molecule has 0 aliphatic carbocycles. The fourth-order valence-electron chi connectivity index (χ4n) is 0. The van der Waals surface area contributed by atoms with Crippen LogP contribution >= 0.6 is 0 Å². The molecule has 0 aromatic rings. The second-order valence-corrected chi connectivity index (χ2v) is 0.766. The Morgan fingerprint density at radius 2 is 2.20 bits per heavy atom. The van der Waals surface area contributed by atoms with Crippen molar-refractivity contribution in [3.8, 4) is 0 Å². The van der Waals surface area contributed by atoms with E-state index in [2.05, 4.69) is 11.8 Å². The van der Waals surface area contributed by atoms with E-state index in [9.17, 15) is 0 Å². The third kappa shape index (κ3) is 3.92. The zero-order chi connectivity index (χ0) is 4.28. The maximum absolute atomic E-state index is 8.08. The summed E-state index contributed by atoms with van der Waals surface area (Å²) in [5.74, 6) is 0. The lowest BCUT2D eigenvalue weighted by molar-refractivity contribution is -0.0387. The monoisotopic (exact) mass is 75.0 g/mol. The zero-order valence-electron chi connectivity index (χ0n) is 3.14. The van der Waals surface area contributed by atoms with Crippen molar-refractivity contribution in [2.45, 2.75) is 13.2 Å². The summed E-state index contributed by atoms with van der Waals surface area (Å²) in [5, 5.41) is 8.08. The molecule has 0 aliphatic heterocycles. The Bertz CT molecular complexity index is 18.9. The minimum absolute atomic E-state index is 0.727. The van der Waals surface area contributed by atoms with E-state index in [1.807, 2.05) is 0 Å². The molecule has 0 saturated heterocycles. The van der Waals surface area contributed by atoms with Gasteiger partial charge >= 0.3 is 0 Å². The van der Waals surface area contributed by atoms with Crippen LogP contribution < -0.4 is 0 Å². The second-order valence-electron chi connectivity index (χ2n) is 0.766. The Balaban J connectivity index is 2.54. The van der Waals surface area contributed by atoms with Crippen LogP contribution in [0.1, 0.15) is 6.92 Å². The summed E-state index contributed by atoms with van der Waals surface area (Å²) >= 11 is 0. The number of rotatable bonds is 1. The molecule has 0 fully saturated rings. The molecule has 0 bridgehead atoms. The lowest BCUT2D eigenvalue weighted by atomic mass is 10.8. The first-order valence-corrected chi connectivity index (χ1v) is 1.36. The molecule has 1 atom stereocenters. The summed E-state index contributed by atoms with van der Waals surface area (Å²) in [6, 6.07) is 0. The highest BCUT2D eigenvalue weighted by Crippen LogP contribution is 1.74. The molecule has 0 rings (SSSR count). The molecule has 0 spiro atoms. The number of hydrogen-bond acceptors (Lipinski definition) is 2. The highest BCUT2D eigenvalue weighted by Gasteiger charge is 1.80. The summed E-state index contributed by atoms with van der Waals surface area (Å²) in [7, 11) is 2.94. The van der Waals surface area contributed by atoms with Gasteiger partial charge in [-0.15, -0.1) is 0 Å². The Morgan fingerprint density at radius 3 is 2.20 bits per heavy atom. The van der Waals surface area contributed by atoms with Crippen LogP contribution in [0.5, 0.6) is 0 Å². The third-order valence-corrected chi connectivity index (χ3v) is 0.241. The van der Waals surface area contributed by atoms with Crippen molar-refractivity contribution in [3.63, 3.8) is 0 Å². The van der Waals surface area contributed by atoms with Gasteiger partial charge in [-0.25, -0.2) is 0 Å². The minimum Gasteiger partial charge on any atom is -0.368 e. The normalized spacial score (nSPS) is 15.0. The second kappa shape index (κ2) is 2.18. The predicted octanol–water partition coefficient (Wildman–Crippen LogP) is 0.133. The van der Waals surface area contributed by atoms with Crippen molar-refractivity contribution in [3.05, 3.63) is 7.11 Å². The van der Waals surface area contributed by atoms with E-state index in [1.165, 1.54) is 6.92 Å². The van der Waals surface area contributed by atoms with Crippen molar-refractivity contribution in [1.29, 1.82) is 0 Å². The molecule has 1 unspecified atom stereocenters. The molecule has 0 heterocycles. The molecule has 0 saturated carbocycles. The number of ether oxygens (including phenoxy) is 1. The number of aliphatic hydroxyl groups excluding tert-OH is 1. The topological polar surface area (TPSA) is 29.5 Å². The van der Waals surface area contributed by atoms with Crippen LogP contribution in [0.25, 0.3) is 0 Å². The Kier molecular flexibility index (Phi) is 2.14. The zero-order valence-corrected chi connectivity index (χ0v) is 3.14. The van der Waals surface area contributed by atoms with Crippen molar-refractivity contribution in [1.82, 2.24) is 0 Å². The van der Waals surface area contributed by atoms with Gasteiger partial charge in [0.2, 0.25) is 0 Å². The maximum atomic E-state index is 8.08. The van der Waals surface area contributed by atoms with Crippen molar-refractivity contribution in [2.75, 3.05) is 0 Å². The highest BCUT2D eigenvalue weighted by atomic mass is 16.6. The van der Waals surface area contributed by atoms with Crippen LogP contribution in [-0.2, 0) is 4.74 Å². The van der Waals surface area contributed by atoms with Gasteiger partial charge in [0.25, 0.3) is 0 Å². The Hall–Kier alpha value is -0.0800. The minimum atomic E-state index is -0.727. The molecule has 1 radical (unpaired) electrons. The van der Waals surface area contributed by atoms with Crippen molar-refractivity contribution < 1.29 is 9.84 Å². The van der Waals surface area contributed by atoms with E-state index in [0.717, 1.165) is 0 Å². The average Bonchev–Trinajstić information content (AvgIpc) is 1.38. The van der Waals surface area contributed by atoms with E-state index in [-0.39, 0.29) is 0 Å². The van der Waals surface area contributed by atoms with Gasteiger partial charge in [0.05, 0.1) is 7.11 Å². The van der Waals surface area contributed by atoms with Crippen LogP contribution in [0.4, 0.5) is 0 Å². The van der Waals surface area contributed by atoms with Gasteiger partial charge in [-0.05, 0) is 6.92 Å². The first-order chi connectivity index (χ1) is 2.27. The molecule has 2 nitrogen and oxygen atoms in total. The largest absolute Gasteiger partial charge is 0.368 e. The molecule has 0 aliphatic rings. The predicted molar refractivity (Wildman–Crippen MR) is 18.1 cm³/mol. The van der Waals surface area contributed by atoms with Gasteiger partial charge in [-0.3, -0.25) is 0 Å². The van der Waals surface area contributed by atoms with Crippen molar-refractivity contribution >= 4 is 0 Å². The van der Waals surface area contributed by atoms with E-state index in [4.69, 9.17) is 5.11 Å². The van der Waals surface area contributed by atoms with Gasteiger partial charge in [0, 0.05) is 0 Å². The Labute approximate surface area is 31.4 Å². The summed E-state index contributed by atoms with van der Waals surface area (Å²) < 4.78 is 4.06. The van der Waals surface area contributed by atoms with E-state index < -0.39 is 6.29 Å². The summed E-state index contributed by atoms with van der Waals surface area (Å²) in [5.41, 5.74) is 0. The van der Waals surface area contributed by atoms with E-state index in [0.29, 0.717) is 0 Å². The maximum Gasteiger partial charge on any atom is 0.151 e. The summed E-state index contributed by atoms with van der Waals surface area (Å²) in [4.78, 5) is 0. The highest BCUT2D eigenvalue weighted by molar-refractivity contribution is 4.15. The number of hydrogen-bond donors (Lipinski definition) is 1. The molecule has 0 aromatic heterocycles. The molecule has 0 amide bonds. The van der Waals surface area contributed by atoms with Crippen LogP contribution in [0.15, 0.2) is 0 Å². The van der Waals surface area contributed by atoms with Gasteiger partial charge in [-0.1, -0.05) is 0 Å². The van der Waals surface area contributed by atoms with Gasteiger partial charge in [0.15, 0.2) is 6.29 Å². The van der Waals surface area contributed by atoms with Crippen molar-refractivity contribution in [2.24, 2.45) is 0 Å². The van der Waals surface area contributed by atoms with E-state index in [1.54, 1.807) is 0 Å². The summed E-state index contributed by atoms with van der Waals surface area (Å²) in [6.45, 7) is 1.49. The lowest BCUT2D eigenvalue weighted by Crippen LogP contribution is -1.97. The van der Waals surface area contributed by atoms with Crippen LogP contribution in [0.3, 0.4) is 0 Å². The quantitative estimate of drug-likeness (QED) is 0.449. The molecule has 2 heteroatoms. The third-order valence-electron chi connectivity index (χ3n) is 0.241. The standard InChI is InChI=1S/C3H7O2/c1-3(4)5-2/h3-4H,2H2,1H3. The molecule has 5 heavy (non-hydrogen) atoms. The molecular formula is C3H7O2. The van der Waals surface area contributed by atoms with Crippen LogP contribution in [0, 0.1) is 7.11 Å². The van der Waals surface area contributed by atoms with Gasteiger partial charge < -0.3 is 9.84 Å². The molecule has 1 N–H and O–H groups in total. The Morgan fingerprint density at radius 1 is 2.00 bits per heavy atom. The van der Waals surface area contributed by atoms with Gasteiger partial charge in [0.1, 0.15) is 0 Å². The van der Waals surface area contributed by atoms with Crippen LogP contribution in [-0.4, -0.2) is 11.4 Å². The first-order valence-electron chi connectivity index (χ1n) is 1.36. The van der Waals surface area contributed by atoms with Crippen LogP contribution in [0.2, 0.25) is 0 Å². The number of aliphatic hydroxyl groups is 1. The fourth-order valence-corrected chi connectivity index (χ4v) is 0. The summed E-state index contributed by atoms with van der Waals surface area (Å²) in [6.07, 6.45) is -0.727. The smallest absolute Gasteiger partial charge is 0.151 e. The average molecular weight is 75.1 g/mol. The first kappa shape index (κ1) is 4.92. The fraction of sp³-hybridized carbons (Fsp3) is 0.667. The molecule has 31 valence electrons. The molecular weight excluding hydrogens is 68.0 g/mol. The lowest BCUT2D eigenvalue weighted by Gasteiger charge is -1.93.